The molecule has 0 radical (unpaired) electrons. The molecule has 20 heavy (non-hydrogen) atoms. The van der Waals surface area contributed by atoms with Gasteiger partial charge in [0.05, 0.1) is 35.5 Å². The number of nitrogens with zero attached hydrogens (tertiary/aromatic N) is 1. The highest BCUT2D eigenvalue weighted by Crippen LogP contribution is 2.37. The average molecular weight is 296 g/mol. The minimum atomic E-state index is -3.39. The van der Waals surface area contributed by atoms with E-state index in [9.17, 15) is 13.2 Å². The standard InChI is InChI=1S/C13H16N2O4S/c1-20(17,18)11-4-2-3-10-13(11)14-12(16)7-9-8-19-6-5-15(9)10/h2-4,9H,5-8H2,1H3,(H,14,16). The number of fused-ring (bicyclic) bond motifs is 3. The molecule has 0 aromatic heterocycles. The molecule has 1 atom stereocenters. The number of morpholine rings is 1. The molecule has 3 rings (SSSR count). The number of rotatable bonds is 1. The highest BCUT2D eigenvalue weighted by molar-refractivity contribution is 7.90. The highest BCUT2D eigenvalue weighted by atomic mass is 32.2. The summed E-state index contributed by atoms with van der Waals surface area (Å²) in [5, 5.41) is 2.74. The lowest BCUT2D eigenvalue weighted by Gasteiger charge is -2.36. The summed E-state index contributed by atoms with van der Waals surface area (Å²) >= 11 is 0. The quantitative estimate of drug-likeness (QED) is 0.823. The van der Waals surface area contributed by atoms with Crippen molar-refractivity contribution in [2.75, 3.05) is 36.2 Å². The van der Waals surface area contributed by atoms with Crippen molar-refractivity contribution in [1.29, 1.82) is 0 Å². The van der Waals surface area contributed by atoms with Gasteiger partial charge in [-0.05, 0) is 12.1 Å². The smallest absolute Gasteiger partial charge is 0.226 e. The van der Waals surface area contributed by atoms with E-state index in [1.165, 1.54) is 6.07 Å². The Morgan fingerprint density at radius 1 is 1.40 bits per heavy atom. The highest BCUT2D eigenvalue weighted by Gasteiger charge is 2.32. The van der Waals surface area contributed by atoms with Crippen LogP contribution in [0.2, 0.25) is 0 Å². The van der Waals surface area contributed by atoms with E-state index in [1.807, 2.05) is 6.07 Å². The number of hydrogen-bond donors (Lipinski definition) is 1. The summed E-state index contributed by atoms with van der Waals surface area (Å²) in [5.74, 6) is -0.180. The molecule has 1 unspecified atom stereocenters. The maximum atomic E-state index is 12.0. The van der Waals surface area contributed by atoms with Crippen LogP contribution in [0.5, 0.6) is 0 Å². The summed E-state index contributed by atoms with van der Waals surface area (Å²) in [6, 6.07) is 5.03. The molecule has 6 nitrogen and oxygen atoms in total. The van der Waals surface area contributed by atoms with Crippen LogP contribution in [0.1, 0.15) is 6.42 Å². The Kier molecular flexibility index (Phi) is 3.18. The normalized spacial score (nSPS) is 22.6. The minimum absolute atomic E-state index is 0.0418. The van der Waals surface area contributed by atoms with E-state index in [2.05, 4.69) is 10.2 Å². The van der Waals surface area contributed by atoms with Gasteiger partial charge in [-0.2, -0.15) is 0 Å². The number of amides is 1. The molecule has 108 valence electrons. The number of benzene rings is 1. The molecule has 0 aliphatic carbocycles. The maximum absolute atomic E-state index is 12.0. The monoisotopic (exact) mass is 296 g/mol. The predicted molar refractivity (Wildman–Crippen MR) is 74.8 cm³/mol. The molecular weight excluding hydrogens is 280 g/mol. The number of sulfone groups is 1. The summed E-state index contributed by atoms with van der Waals surface area (Å²) < 4.78 is 29.2. The molecule has 0 spiro atoms. The van der Waals surface area contributed by atoms with Crippen molar-refractivity contribution < 1.29 is 17.9 Å². The van der Waals surface area contributed by atoms with Crippen LogP contribution in [0, 0.1) is 0 Å². The summed E-state index contributed by atoms with van der Waals surface area (Å²) in [7, 11) is -3.39. The largest absolute Gasteiger partial charge is 0.377 e. The van der Waals surface area contributed by atoms with Crippen LogP contribution in [-0.2, 0) is 19.4 Å². The van der Waals surface area contributed by atoms with E-state index in [1.54, 1.807) is 6.07 Å². The van der Waals surface area contributed by atoms with Crippen LogP contribution in [0.25, 0.3) is 0 Å². The van der Waals surface area contributed by atoms with Gasteiger partial charge in [0.15, 0.2) is 9.84 Å². The van der Waals surface area contributed by atoms with Gasteiger partial charge in [0.1, 0.15) is 0 Å². The number of hydrogen-bond acceptors (Lipinski definition) is 5. The summed E-state index contributed by atoms with van der Waals surface area (Å²) in [4.78, 5) is 14.2. The Morgan fingerprint density at radius 2 is 2.20 bits per heavy atom. The van der Waals surface area contributed by atoms with Crippen molar-refractivity contribution in [3.05, 3.63) is 18.2 Å². The van der Waals surface area contributed by atoms with Crippen LogP contribution in [-0.4, -0.2) is 46.4 Å². The fraction of sp³-hybridized carbons (Fsp3) is 0.462. The van der Waals surface area contributed by atoms with Crippen LogP contribution >= 0.6 is 0 Å². The van der Waals surface area contributed by atoms with Crippen LogP contribution in [0.3, 0.4) is 0 Å². The fourth-order valence-electron chi connectivity index (χ4n) is 2.74. The van der Waals surface area contributed by atoms with Crippen LogP contribution in [0.4, 0.5) is 11.4 Å². The van der Waals surface area contributed by atoms with Gasteiger partial charge < -0.3 is 15.0 Å². The third kappa shape index (κ3) is 2.27. The Balaban J connectivity index is 2.18. The second kappa shape index (κ2) is 4.75. The van der Waals surface area contributed by atoms with Gasteiger partial charge in [-0.3, -0.25) is 4.79 Å². The topological polar surface area (TPSA) is 75.7 Å². The van der Waals surface area contributed by atoms with E-state index in [0.29, 0.717) is 31.9 Å². The second-order valence-corrected chi connectivity index (χ2v) is 7.08. The number of ether oxygens (including phenoxy) is 1. The van der Waals surface area contributed by atoms with Gasteiger partial charge >= 0.3 is 0 Å². The maximum Gasteiger partial charge on any atom is 0.226 e. The average Bonchev–Trinajstić information content (AvgIpc) is 2.52. The Hall–Kier alpha value is -1.60. The Bertz CT molecular complexity index is 656. The molecule has 1 aromatic carbocycles. The molecule has 1 N–H and O–H groups in total. The van der Waals surface area contributed by atoms with Crippen molar-refractivity contribution in [3.8, 4) is 0 Å². The zero-order valence-corrected chi connectivity index (χ0v) is 11.9. The second-order valence-electron chi connectivity index (χ2n) is 5.10. The molecular formula is C13H16N2O4S. The molecule has 0 saturated carbocycles. The molecule has 1 saturated heterocycles. The number of para-hydroxylation sites is 1. The zero-order chi connectivity index (χ0) is 14.3. The lowest BCUT2D eigenvalue weighted by atomic mass is 10.1. The van der Waals surface area contributed by atoms with E-state index < -0.39 is 9.84 Å². The molecule has 1 aromatic rings. The molecule has 1 fully saturated rings. The first-order chi connectivity index (χ1) is 9.47. The molecule has 0 bridgehead atoms. The van der Waals surface area contributed by atoms with Crippen molar-refractivity contribution in [2.45, 2.75) is 17.4 Å². The van der Waals surface area contributed by atoms with E-state index in [0.717, 1.165) is 11.9 Å². The lowest BCUT2D eigenvalue weighted by Crippen LogP contribution is -2.45. The Labute approximate surface area is 117 Å². The fourth-order valence-corrected chi connectivity index (χ4v) is 3.59. The van der Waals surface area contributed by atoms with E-state index in [-0.39, 0.29) is 16.8 Å². The lowest BCUT2D eigenvalue weighted by molar-refractivity contribution is -0.116. The number of anilines is 2. The number of carbonyl (C=O) groups is 1. The van der Waals surface area contributed by atoms with Gasteiger partial charge in [0.2, 0.25) is 5.91 Å². The SMILES string of the molecule is CS(=O)(=O)c1cccc2c1NC(=O)CC1COCCN21. The van der Waals surface area contributed by atoms with Crippen molar-refractivity contribution >= 4 is 27.1 Å². The van der Waals surface area contributed by atoms with Gasteiger partial charge in [-0.15, -0.1) is 0 Å². The molecule has 2 aliphatic heterocycles. The van der Waals surface area contributed by atoms with E-state index >= 15 is 0 Å². The third-order valence-electron chi connectivity index (χ3n) is 3.63. The van der Waals surface area contributed by atoms with Crippen molar-refractivity contribution in [3.63, 3.8) is 0 Å². The molecule has 2 aliphatic rings. The third-order valence-corrected chi connectivity index (χ3v) is 4.77. The summed E-state index contributed by atoms with van der Waals surface area (Å²) in [5.41, 5.74) is 1.15. The van der Waals surface area contributed by atoms with E-state index in [4.69, 9.17) is 4.74 Å². The predicted octanol–water partition coefficient (Wildman–Crippen LogP) is 0.637. The van der Waals surface area contributed by atoms with Gasteiger partial charge in [-0.25, -0.2) is 8.42 Å². The van der Waals surface area contributed by atoms with Crippen LogP contribution < -0.4 is 10.2 Å². The number of carbonyl (C=O) groups excluding carboxylic acids is 1. The minimum Gasteiger partial charge on any atom is -0.377 e. The molecule has 7 heteroatoms. The number of nitrogens with one attached hydrogen (secondary N) is 1. The van der Waals surface area contributed by atoms with Gasteiger partial charge in [-0.1, -0.05) is 6.07 Å². The summed E-state index contributed by atoms with van der Waals surface area (Å²) in [6.07, 6.45) is 1.45. The molecule has 1 amide bonds. The van der Waals surface area contributed by atoms with Gasteiger partial charge in [0, 0.05) is 19.2 Å². The zero-order valence-electron chi connectivity index (χ0n) is 11.1. The molecule has 2 heterocycles. The van der Waals surface area contributed by atoms with Gasteiger partial charge in [0.25, 0.3) is 0 Å². The van der Waals surface area contributed by atoms with Crippen LogP contribution in [0.15, 0.2) is 23.1 Å². The first-order valence-electron chi connectivity index (χ1n) is 6.44. The summed E-state index contributed by atoms with van der Waals surface area (Å²) in [6.45, 7) is 1.71. The van der Waals surface area contributed by atoms with Crippen molar-refractivity contribution in [2.24, 2.45) is 0 Å². The first kappa shape index (κ1) is 13.4. The van der Waals surface area contributed by atoms with Crippen molar-refractivity contribution in [1.82, 2.24) is 0 Å². The first-order valence-corrected chi connectivity index (χ1v) is 8.33. The Morgan fingerprint density at radius 3 is 2.95 bits per heavy atom.